The molecular weight excluding hydrogens is 360 g/mol. The van der Waals surface area contributed by atoms with Crippen LogP contribution in [0.2, 0.25) is 0 Å². The number of hydrogen-bond donors (Lipinski definition) is 1. The van der Waals surface area contributed by atoms with Gasteiger partial charge in [0.15, 0.2) is 9.84 Å². The molecule has 1 saturated heterocycles. The van der Waals surface area contributed by atoms with Gasteiger partial charge in [-0.15, -0.1) is 0 Å². The third-order valence-electron chi connectivity index (χ3n) is 5.00. The van der Waals surface area contributed by atoms with Crippen LogP contribution >= 0.6 is 0 Å². The standard InChI is InChI=1S/C20H22N4O2S/c1-27(25,26)17-7-8-19-18(11-17)20(23-14-22-19)21-12-15-9-10-24(13-15)16-5-3-2-4-6-16/h2-8,11,14-15H,9-10,12-13H2,1H3,(H,21,22,23)/t15-/m1/s1. The van der Waals surface area contributed by atoms with E-state index >= 15 is 0 Å². The first kappa shape index (κ1) is 17.7. The Bertz CT molecular complexity index is 1050. The molecule has 27 heavy (non-hydrogen) atoms. The highest BCUT2D eigenvalue weighted by molar-refractivity contribution is 7.90. The highest BCUT2D eigenvalue weighted by Crippen LogP contribution is 2.26. The van der Waals surface area contributed by atoms with E-state index in [4.69, 9.17) is 0 Å². The van der Waals surface area contributed by atoms with E-state index in [-0.39, 0.29) is 4.90 Å². The minimum absolute atomic E-state index is 0.281. The highest BCUT2D eigenvalue weighted by atomic mass is 32.2. The van der Waals surface area contributed by atoms with Crippen molar-refractivity contribution in [2.75, 3.05) is 36.1 Å². The molecule has 1 N–H and O–H groups in total. The first-order valence-corrected chi connectivity index (χ1v) is 10.9. The Hall–Kier alpha value is -2.67. The molecule has 2 aromatic carbocycles. The number of anilines is 2. The maximum atomic E-state index is 11.9. The normalized spacial score (nSPS) is 17.4. The summed E-state index contributed by atoms with van der Waals surface area (Å²) >= 11 is 0. The zero-order valence-corrected chi connectivity index (χ0v) is 16.0. The first-order valence-electron chi connectivity index (χ1n) is 8.99. The predicted octanol–water partition coefficient (Wildman–Crippen LogP) is 2.97. The van der Waals surface area contributed by atoms with Crippen molar-refractivity contribution in [3.63, 3.8) is 0 Å². The number of aromatic nitrogens is 2. The van der Waals surface area contributed by atoms with Gasteiger partial charge in [-0.3, -0.25) is 0 Å². The Morgan fingerprint density at radius 3 is 2.74 bits per heavy atom. The molecule has 0 unspecified atom stereocenters. The summed E-state index contributed by atoms with van der Waals surface area (Å²) in [6.45, 7) is 2.83. The lowest BCUT2D eigenvalue weighted by Crippen LogP contribution is -2.22. The Morgan fingerprint density at radius 1 is 1.15 bits per heavy atom. The molecule has 1 atom stereocenters. The van der Waals surface area contributed by atoms with E-state index in [0.29, 0.717) is 11.7 Å². The smallest absolute Gasteiger partial charge is 0.175 e. The van der Waals surface area contributed by atoms with Crippen LogP contribution in [0.5, 0.6) is 0 Å². The van der Waals surface area contributed by atoms with Gasteiger partial charge in [0.1, 0.15) is 12.1 Å². The van der Waals surface area contributed by atoms with Crippen LogP contribution in [0.3, 0.4) is 0 Å². The zero-order chi connectivity index (χ0) is 18.9. The zero-order valence-electron chi connectivity index (χ0n) is 15.2. The molecule has 0 aliphatic carbocycles. The summed E-state index contributed by atoms with van der Waals surface area (Å²) in [6.07, 6.45) is 3.83. The monoisotopic (exact) mass is 382 g/mol. The third kappa shape index (κ3) is 3.88. The lowest BCUT2D eigenvalue weighted by Gasteiger charge is -2.19. The maximum absolute atomic E-state index is 11.9. The Balaban J connectivity index is 1.49. The molecular formula is C20H22N4O2S. The van der Waals surface area contributed by atoms with Gasteiger partial charge in [-0.25, -0.2) is 18.4 Å². The molecule has 1 aromatic heterocycles. The van der Waals surface area contributed by atoms with Crippen molar-refractivity contribution in [2.24, 2.45) is 5.92 Å². The van der Waals surface area contributed by atoms with Gasteiger partial charge in [-0.1, -0.05) is 18.2 Å². The fourth-order valence-corrected chi connectivity index (χ4v) is 4.17. The van der Waals surface area contributed by atoms with Crippen molar-refractivity contribution >= 4 is 32.2 Å². The van der Waals surface area contributed by atoms with E-state index in [2.05, 4.69) is 44.5 Å². The number of rotatable bonds is 5. The summed E-state index contributed by atoms with van der Waals surface area (Å²) in [4.78, 5) is 11.3. The van der Waals surface area contributed by atoms with Gasteiger partial charge < -0.3 is 10.2 Å². The van der Waals surface area contributed by atoms with Gasteiger partial charge in [0, 0.05) is 37.0 Å². The number of para-hydroxylation sites is 1. The number of nitrogens with one attached hydrogen (secondary N) is 1. The predicted molar refractivity (Wildman–Crippen MR) is 108 cm³/mol. The van der Waals surface area contributed by atoms with Crippen molar-refractivity contribution in [3.8, 4) is 0 Å². The second-order valence-corrected chi connectivity index (χ2v) is 9.01. The molecule has 0 radical (unpaired) electrons. The molecule has 4 rings (SSSR count). The Morgan fingerprint density at radius 2 is 1.96 bits per heavy atom. The molecule has 1 aliphatic rings. The quantitative estimate of drug-likeness (QED) is 0.731. The summed E-state index contributed by atoms with van der Waals surface area (Å²) in [5.74, 6) is 1.19. The van der Waals surface area contributed by atoms with E-state index in [0.717, 1.165) is 37.0 Å². The van der Waals surface area contributed by atoms with Crippen LogP contribution in [0.15, 0.2) is 59.8 Å². The molecule has 0 spiro atoms. The van der Waals surface area contributed by atoms with Crippen molar-refractivity contribution in [1.29, 1.82) is 0 Å². The number of benzene rings is 2. The molecule has 0 bridgehead atoms. The second kappa shape index (κ2) is 7.15. The van der Waals surface area contributed by atoms with Gasteiger partial charge in [-0.05, 0) is 42.7 Å². The fraction of sp³-hybridized carbons (Fsp3) is 0.300. The number of nitrogens with zero attached hydrogens (tertiary/aromatic N) is 3. The lowest BCUT2D eigenvalue weighted by atomic mass is 10.1. The van der Waals surface area contributed by atoms with Crippen molar-refractivity contribution in [2.45, 2.75) is 11.3 Å². The van der Waals surface area contributed by atoms with Gasteiger partial charge in [0.2, 0.25) is 0 Å². The number of fused-ring (bicyclic) bond motifs is 1. The topological polar surface area (TPSA) is 75.2 Å². The molecule has 3 aromatic rings. The largest absolute Gasteiger partial charge is 0.371 e. The third-order valence-corrected chi connectivity index (χ3v) is 6.11. The van der Waals surface area contributed by atoms with Gasteiger partial charge in [-0.2, -0.15) is 0 Å². The molecule has 2 heterocycles. The average Bonchev–Trinajstić information content (AvgIpc) is 3.15. The fourth-order valence-electron chi connectivity index (χ4n) is 3.52. The highest BCUT2D eigenvalue weighted by Gasteiger charge is 2.22. The minimum Gasteiger partial charge on any atom is -0.371 e. The lowest BCUT2D eigenvalue weighted by molar-refractivity contribution is 0.602. The summed E-state index contributed by atoms with van der Waals surface area (Å²) in [7, 11) is -3.27. The van der Waals surface area contributed by atoms with Crippen LogP contribution in [0.1, 0.15) is 6.42 Å². The first-order chi connectivity index (χ1) is 13.0. The van der Waals surface area contributed by atoms with Crippen LogP contribution in [-0.2, 0) is 9.84 Å². The van der Waals surface area contributed by atoms with Gasteiger partial charge >= 0.3 is 0 Å². The van der Waals surface area contributed by atoms with Crippen molar-refractivity contribution in [3.05, 3.63) is 54.9 Å². The molecule has 0 saturated carbocycles. The van der Waals surface area contributed by atoms with E-state index in [1.807, 2.05) is 6.07 Å². The van der Waals surface area contributed by atoms with Crippen LogP contribution < -0.4 is 10.2 Å². The summed E-state index contributed by atoms with van der Waals surface area (Å²) in [6, 6.07) is 15.4. The van der Waals surface area contributed by atoms with Crippen molar-refractivity contribution in [1.82, 2.24) is 9.97 Å². The van der Waals surface area contributed by atoms with Crippen LogP contribution in [0, 0.1) is 5.92 Å². The molecule has 7 heteroatoms. The Kier molecular flexibility index (Phi) is 4.70. The van der Waals surface area contributed by atoms with E-state index in [1.54, 1.807) is 18.2 Å². The summed E-state index contributed by atoms with van der Waals surface area (Å²) in [5.41, 5.74) is 1.99. The van der Waals surface area contributed by atoms with E-state index in [9.17, 15) is 8.42 Å². The van der Waals surface area contributed by atoms with Crippen molar-refractivity contribution < 1.29 is 8.42 Å². The van der Waals surface area contributed by atoms with Gasteiger partial charge in [0.25, 0.3) is 0 Å². The summed E-state index contributed by atoms with van der Waals surface area (Å²) in [5, 5.41) is 4.14. The van der Waals surface area contributed by atoms with Crippen LogP contribution in [0.25, 0.3) is 10.9 Å². The van der Waals surface area contributed by atoms with Crippen LogP contribution in [-0.4, -0.2) is 44.3 Å². The SMILES string of the molecule is CS(=O)(=O)c1ccc2ncnc(NC[C@H]3CCN(c4ccccc4)C3)c2c1. The average molecular weight is 382 g/mol. The van der Waals surface area contributed by atoms with Crippen LogP contribution in [0.4, 0.5) is 11.5 Å². The molecule has 0 amide bonds. The summed E-state index contributed by atoms with van der Waals surface area (Å²) < 4.78 is 23.7. The Labute approximate surface area is 159 Å². The van der Waals surface area contributed by atoms with Gasteiger partial charge in [0.05, 0.1) is 10.4 Å². The second-order valence-electron chi connectivity index (χ2n) is 6.99. The number of sulfone groups is 1. The molecule has 1 aliphatic heterocycles. The maximum Gasteiger partial charge on any atom is 0.175 e. The molecule has 6 nitrogen and oxygen atoms in total. The minimum atomic E-state index is -3.27. The molecule has 1 fully saturated rings. The molecule has 140 valence electrons. The van der Waals surface area contributed by atoms with E-state index < -0.39 is 9.84 Å². The van der Waals surface area contributed by atoms with E-state index in [1.165, 1.54) is 18.3 Å². The number of hydrogen-bond acceptors (Lipinski definition) is 6.